The Morgan fingerprint density at radius 2 is 1.05 bits per heavy atom. The summed E-state index contributed by atoms with van der Waals surface area (Å²) in [7, 11) is 0. The lowest BCUT2D eigenvalue weighted by Gasteiger charge is -2.86. The molecule has 0 atom stereocenters. The van der Waals surface area contributed by atoms with Crippen LogP contribution in [0.25, 0.3) is 0 Å². The second-order valence-electron chi connectivity index (χ2n) is 18.4. The summed E-state index contributed by atoms with van der Waals surface area (Å²) >= 11 is 0. The van der Waals surface area contributed by atoms with Crippen LogP contribution in [-0.2, 0) is 4.79 Å². The summed E-state index contributed by atoms with van der Waals surface area (Å²) in [4.78, 5) is 9.81. The zero-order valence-corrected chi connectivity index (χ0v) is 30.1. The molecule has 4 aliphatic rings. The second kappa shape index (κ2) is 11.4. The van der Waals surface area contributed by atoms with Crippen molar-refractivity contribution >= 4 is 5.78 Å². The number of allylic oxidation sites excluding steroid dienone is 2. The van der Waals surface area contributed by atoms with Gasteiger partial charge in [-0.15, -0.1) is 0 Å². The molecule has 226 valence electrons. The summed E-state index contributed by atoms with van der Waals surface area (Å²) in [5, 5.41) is 0. The van der Waals surface area contributed by atoms with Gasteiger partial charge in [-0.2, -0.15) is 0 Å². The van der Waals surface area contributed by atoms with E-state index in [4.69, 9.17) is 0 Å². The van der Waals surface area contributed by atoms with Crippen molar-refractivity contribution in [1.82, 2.24) is 0 Å². The van der Waals surface area contributed by atoms with E-state index in [1.165, 1.54) is 25.7 Å². The molecule has 3 saturated carbocycles. The number of ketones is 1. The number of Topliss-reactive ketones (excluding diaryl/α,β-unsaturated/α-hetero) is 1. The Bertz CT molecular complexity index is 785. The van der Waals surface area contributed by atoms with Crippen LogP contribution in [0.2, 0.25) is 0 Å². The molecule has 0 amide bonds. The van der Waals surface area contributed by atoms with Gasteiger partial charge in [-0.1, -0.05) is 144 Å². The molecular weight excluding hydrogens is 460 g/mol. The summed E-state index contributed by atoms with van der Waals surface area (Å²) in [5.41, 5.74) is 3.35. The SMILES string of the molecule is CC(C)(C)C.CC1(C)C=CCCC1.CC1(C)CC2(C)C(C)(C)C(C)(C)C1(C)C(C)(C)C2(C)C.CCC(C)=O. The number of fused-ring (bicyclic) bond motifs is 3. The molecule has 0 aromatic heterocycles. The Kier molecular flexibility index (Phi) is 11.2. The van der Waals surface area contributed by atoms with Crippen molar-refractivity contribution in [2.24, 2.45) is 48.7 Å². The summed E-state index contributed by atoms with van der Waals surface area (Å²) in [5.74, 6) is 0.255. The van der Waals surface area contributed by atoms with Gasteiger partial charge in [-0.3, -0.25) is 0 Å². The highest BCUT2D eigenvalue weighted by Gasteiger charge is 2.81. The van der Waals surface area contributed by atoms with Crippen LogP contribution in [-0.4, -0.2) is 5.78 Å². The molecule has 0 saturated heterocycles. The second-order valence-corrected chi connectivity index (χ2v) is 18.4. The van der Waals surface area contributed by atoms with E-state index in [2.05, 4.69) is 137 Å². The van der Waals surface area contributed by atoms with Crippen LogP contribution >= 0.6 is 0 Å². The maximum absolute atomic E-state index is 9.81. The maximum Gasteiger partial charge on any atom is 0.129 e. The molecule has 0 radical (unpaired) electrons. The molecule has 38 heavy (non-hydrogen) atoms. The molecule has 2 bridgehead atoms. The first-order chi connectivity index (χ1) is 16.4. The quantitative estimate of drug-likeness (QED) is 0.307. The minimum atomic E-state index is 0.255. The minimum absolute atomic E-state index is 0.255. The highest BCUT2D eigenvalue weighted by atomic mass is 16.1. The van der Waals surface area contributed by atoms with Gasteiger partial charge in [0, 0.05) is 6.42 Å². The van der Waals surface area contributed by atoms with Crippen LogP contribution in [0, 0.1) is 48.7 Å². The standard InChI is InChI=1S/C20H38.C8H14.C5H12.C4H8O/c1-14(2)13-19(11)15(3,4)17(7,8)20(14,12)18(9,10)16(19,5)6;1-8(2)6-4-3-5-7-8;1-5(2,3)4;1-3-4(2)5/h13H2,1-12H3;4,6H,3,5,7H2,1-2H3;1-4H3;3H2,1-2H3. The van der Waals surface area contributed by atoms with Gasteiger partial charge in [-0.25, -0.2) is 0 Å². The number of carbonyl (C=O) groups is 1. The van der Waals surface area contributed by atoms with Crippen LogP contribution in [0.3, 0.4) is 0 Å². The molecule has 0 aromatic rings. The van der Waals surface area contributed by atoms with Gasteiger partial charge in [0.15, 0.2) is 0 Å². The first-order valence-electron chi connectivity index (χ1n) is 15.6. The fourth-order valence-electron chi connectivity index (χ4n) is 8.55. The van der Waals surface area contributed by atoms with Gasteiger partial charge in [-0.05, 0) is 81.3 Å². The van der Waals surface area contributed by atoms with Crippen LogP contribution < -0.4 is 0 Å². The molecule has 0 aromatic carbocycles. The number of hydrogen-bond donors (Lipinski definition) is 0. The smallest absolute Gasteiger partial charge is 0.129 e. The first kappa shape index (κ1) is 37.4. The average molecular weight is 533 g/mol. The molecular formula is C37H72O. The normalized spacial score (nSPS) is 32.3. The Hall–Kier alpha value is -0.590. The van der Waals surface area contributed by atoms with Crippen molar-refractivity contribution in [3.8, 4) is 0 Å². The van der Waals surface area contributed by atoms with Crippen molar-refractivity contribution in [3.63, 3.8) is 0 Å². The van der Waals surface area contributed by atoms with Crippen LogP contribution in [0.15, 0.2) is 12.2 Å². The third-order valence-corrected chi connectivity index (χ3v) is 12.8. The van der Waals surface area contributed by atoms with Gasteiger partial charge in [0.2, 0.25) is 0 Å². The van der Waals surface area contributed by atoms with E-state index in [1.807, 2.05) is 6.92 Å². The summed E-state index contributed by atoms with van der Waals surface area (Å²) in [6.07, 6.45) is 10.7. The molecule has 0 aliphatic heterocycles. The molecule has 3 fully saturated rings. The van der Waals surface area contributed by atoms with Crippen molar-refractivity contribution in [2.75, 3.05) is 0 Å². The van der Waals surface area contributed by atoms with E-state index in [0.717, 1.165) is 0 Å². The van der Waals surface area contributed by atoms with E-state index >= 15 is 0 Å². The lowest BCUT2D eigenvalue weighted by molar-refractivity contribution is -0.381. The highest BCUT2D eigenvalue weighted by Crippen LogP contribution is 2.87. The van der Waals surface area contributed by atoms with E-state index < -0.39 is 0 Å². The molecule has 4 aliphatic carbocycles. The molecule has 4 rings (SSSR count). The van der Waals surface area contributed by atoms with Gasteiger partial charge in [0.1, 0.15) is 5.78 Å². The third-order valence-electron chi connectivity index (χ3n) is 12.8. The van der Waals surface area contributed by atoms with Gasteiger partial charge in [0.05, 0.1) is 0 Å². The summed E-state index contributed by atoms with van der Waals surface area (Å²) < 4.78 is 0. The van der Waals surface area contributed by atoms with Crippen LogP contribution in [0.1, 0.15) is 171 Å². The number of hydrogen-bond acceptors (Lipinski definition) is 1. The van der Waals surface area contributed by atoms with Crippen molar-refractivity contribution < 1.29 is 4.79 Å². The Balaban J connectivity index is 0.000000620. The predicted molar refractivity (Wildman–Crippen MR) is 173 cm³/mol. The predicted octanol–water partition coefficient (Wildman–Crippen LogP) is 12.3. The minimum Gasteiger partial charge on any atom is -0.300 e. The zero-order chi connectivity index (χ0) is 31.0. The van der Waals surface area contributed by atoms with Crippen molar-refractivity contribution in [1.29, 1.82) is 0 Å². The third kappa shape index (κ3) is 6.48. The van der Waals surface area contributed by atoms with E-state index in [9.17, 15) is 4.79 Å². The van der Waals surface area contributed by atoms with Crippen molar-refractivity contribution in [3.05, 3.63) is 12.2 Å². The molecule has 1 heteroatoms. The highest BCUT2D eigenvalue weighted by molar-refractivity contribution is 5.74. The van der Waals surface area contributed by atoms with Crippen molar-refractivity contribution in [2.45, 2.75) is 171 Å². The van der Waals surface area contributed by atoms with Crippen LogP contribution in [0.4, 0.5) is 0 Å². The molecule has 0 spiro atoms. The molecule has 0 heterocycles. The summed E-state index contributed by atoms with van der Waals surface area (Å²) in [6.45, 7) is 47.3. The fraction of sp³-hybridized carbons (Fsp3) is 0.919. The Labute approximate surface area is 241 Å². The number of rotatable bonds is 1. The van der Waals surface area contributed by atoms with Gasteiger partial charge >= 0.3 is 0 Å². The summed E-state index contributed by atoms with van der Waals surface area (Å²) in [6, 6.07) is 0. The lowest BCUT2D eigenvalue weighted by Crippen LogP contribution is -2.80. The Morgan fingerprint density at radius 1 is 0.711 bits per heavy atom. The molecule has 0 N–H and O–H groups in total. The topological polar surface area (TPSA) is 17.1 Å². The van der Waals surface area contributed by atoms with E-state index in [0.29, 0.717) is 55.2 Å². The molecule has 0 unspecified atom stereocenters. The van der Waals surface area contributed by atoms with E-state index in [-0.39, 0.29) is 5.78 Å². The van der Waals surface area contributed by atoms with Gasteiger partial charge < -0.3 is 4.79 Å². The monoisotopic (exact) mass is 533 g/mol. The number of carbonyl (C=O) groups excluding carboxylic acids is 1. The lowest BCUT2D eigenvalue weighted by atomic mass is 9.18. The van der Waals surface area contributed by atoms with Gasteiger partial charge in [0.25, 0.3) is 0 Å². The maximum atomic E-state index is 9.81. The first-order valence-corrected chi connectivity index (χ1v) is 15.6. The fourth-order valence-corrected chi connectivity index (χ4v) is 8.55. The van der Waals surface area contributed by atoms with E-state index in [1.54, 1.807) is 6.92 Å². The largest absolute Gasteiger partial charge is 0.300 e. The van der Waals surface area contributed by atoms with Crippen LogP contribution in [0.5, 0.6) is 0 Å². The Morgan fingerprint density at radius 3 is 1.26 bits per heavy atom. The average Bonchev–Trinajstić information content (AvgIpc) is 2.69. The molecule has 1 nitrogen and oxygen atoms in total. The zero-order valence-electron chi connectivity index (χ0n) is 30.1.